The summed E-state index contributed by atoms with van der Waals surface area (Å²) in [5.74, 6) is -0.978. The van der Waals surface area contributed by atoms with Crippen LogP contribution in [-0.4, -0.2) is 30.1 Å². The van der Waals surface area contributed by atoms with Crippen LogP contribution in [0.5, 0.6) is 0 Å². The number of carbonyl (C=O) groups excluding carboxylic acids is 2. The van der Waals surface area contributed by atoms with Crippen LogP contribution in [0.3, 0.4) is 0 Å². The summed E-state index contributed by atoms with van der Waals surface area (Å²) in [6.45, 7) is 2.09. The molecule has 2 rings (SSSR count). The van der Waals surface area contributed by atoms with E-state index in [1.54, 1.807) is 19.1 Å². The van der Waals surface area contributed by atoms with E-state index in [4.69, 9.17) is 9.47 Å². The van der Waals surface area contributed by atoms with Crippen molar-refractivity contribution >= 4 is 17.6 Å². The third-order valence-corrected chi connectivity index (χ3v) is 3.38. The van der Waals surface area contributed by atoms with E-state index in [1.807, 2.05) is 0 Å². The van der Waals surface area contributed by atoms with Crippen LogP contribution in [0.15, 0.2) is 48.5 Å². The molecule has 2 aromatic rings. The van der Waals surface area contributed by atoms with Gasteiger partial charge in [-0.3, -0.25) is 10.1 Å². The smallest absolute Gasteiger partial charge is 0.338 e. The number of hydrogen-bond acceptors (Lipinski definition) is 6. The second kappa shape index (κ2) is 8.58. The Labute approximate surface area is 144 Å². The molecule has 0 aromatic heterocycles. The highest BCUT2D eigenvalue weighted by Crippen LogP contribution is 2.14. The summed E-state index contributed by atoms with van der Waals surface area (Å²) in [6.07, 6.45) is 0.369. The largest absolute Gasteiger partial charge is 0.462 e. The van der Waals surface area contributed by atoms with Crippen molar-refractivity contribution in [3.8, 4) is 0 Å². The molecule has 130 valence electrons. The normalized spacial score (nSPS) is 10.1. The molecule has 0 aliphatic carbocycles. The summed E-state index contributed by atoms with van der Waals surface area (Å²) >= 11 is 0. The first-order chi connectivity index (χ1) is 12.0. The molecule has 25 heavy (non-hydrogen) atoms. The molecule has 7 heteroatoms. The first kappa shape index (κ1) is 18.1. The minimum atomic E-state index is -0.527. The molecule has 0 atom stereocenters. The molecule has 0 amide bonds. The summed E-state index contributed by atoms with van der Waals surface area (Å²) in [6, 6.07) is 12.1. The van der Waals surface area contributed by atoms with Crippen molar-refractivity contribution in [3.05, 3.63) is 75.3 Å². The van der Waals surface area contributed by atoms with Gasteiger partial charge in [0.1, 0.15) is 0 Å². The number of nitro benzene ring substituents is 1. The number of rotatable bonds is 7. The zero-order valence-electron chi connectivity index (χ0n) is 13.6. The second-order valence-electron chi connectivity index (χ2n) is 5.11. The summed E-state index contributed by atoms with van der Waals surface area (Å²) in [4.78, 5) is 33.8. The Morgan fingerprint density at radius 2 is 1.60 bits per heavy atom. The highest BCUT2D eigenvalue weighted by molar-refractivity contribution is 5.93. The minimum Gasteiger partial charge on any atom is -0.462 e. The van der Waals surface area contributed by atoms with Crippen molar-refractivity contribution in [2.45, 2.75) is 13.3 Å². The molecule has 0 saturated heterocycles. The SMILES string of the molecule is CCOC(=O)c1ccc(C(=O)OCCc2cccc([N+](=O)[O-])c2)cc1. The second-order valence-corrected chi connectivity index (χ2v) is 5.11. The highest BCUT2D eigenvalue weighted by atomic mass is 16.6. The zero-order chi connectivity index (χ0) is 18.2. The van der Waals surface area contributed by atoms with Crippen molar-refractivity contribution in [2.24, 2.45) is 0 Å². The fourth-order valence-corrected chi connectivity index (χ4v) is 2.13. The topological polar surface area (TPSA) is 95.7 Å². The van der Waals surface area contributed by atoms with E-state index in [9.17, 15) is 19.7 Å². The molecular weight excluding hydrogens is 326 g/mol. The Bertz CT molecular complexity index is 769. The third-order valence-electron chi connectivity index (χ3n) is 3.38. The van der Waals surface area contributed by atoms with Crippen molar-refractivity contribution < 1.29 is 24.0 Å². The van der Waals surface area contributed by atoms with Gasteiger partial charge in [0.25, 0.3) is 5.69 Å². The van der Waals surface area contributed by atoms with Gasteiger partial charge < -0.3 is 9.47 Å². The molecule has 2 aromatic carbocycles. The lowest BCUT2D eigenvalue weighted by molar-refractivity contribution is -0.384. The number of carbonyl (C=O) groups is 2. The maximum Gasteiger partial charge on any atom is 0.338 e. The number of benzene rings is 2. The van der Waals surface area contributed by atoms with Gasteiger partial charge in [0, 0.05) is 18.6 Å². The average molecular weight is 343 g/mol. The predicted octanol–water partition coefficient (Wildman–Crippen LogP) is 3.17. The average Bonchev–Trinajstić information content (AvgIpc) is 2.62. The molecule has 0 radical (unpaired) electrons. The number of esters is 2. The molecule has 0 unspecified atom stereocenters. The van der Waals surface area contributed by atoms with Crippen molar-refractivity contribution in [3.63, 3.8) is 0 Å². The van der Waals surface area contributed by atoms with Crippen LogP contribution in [0, 0.1) is 10.1 Å². The maximum atomic E-state index is 12.0. The van der Waals surface area contributed by atoms with E-state index >= 15 is 0 Å². The van der Waals surface area contributed by atoms with Crippen molar-refractivity contribution in [1.82, 2.24) is 0 Å². The lowest BCUT2D eigenvalue weighted by Gasteiger charge is -2.06. The van der Waals surface area contributed by atoms with Crippen LogP contribution in [0.1, 0.15) is 33.2 Å². The van der Waals surface area contributed by atoms with Crippen LogP contribution >= 0.6 is 0 Å². The standard InChI is InChI=1S/C18H17NO6/c1-2-24-17(20)14-6-8-15(9-7-14)18(21)25-11-10-13-4-3-5-16(12-13)19(22)23/h3-9,12H,2,10-11H2,1H3. The Hall–Kier alpha value is -3.22. The Balaban J connectivity index is 1.89. The summed E-state index contributed by atoms with van der Waals surface area (Å²) in [5, 5.41) is 10.7. The zero-order valence-corrected chi connectivity index (χ0v) is 13.6. The number of non-ortho nitro benzene ring substituents is 1. The summed E-state index contributed by atoms with van der Waals surface area (Å²) < 4.78 is 10.0. The van der Waals surface area contributed by atoms with E-state index in [2.05, 4.69) is 0 Å². The van der Waals surface area contributed by atoms with Crippen LogP contribution < -0.4 is 0 Å². The van der Waals surface area contributed by atoms with Crippen LogP contribution in [0.25, 0.3) is 0 Å². The number of nitrogens with zero attached hydrogens (tertiary/aromatic N) is 1. The molecule has 0 bridgehead atoms. The maximum absolute atomic E-state index is 12.0. The first-order valence-corrected chi connectivity index (χ1v) is 7.69. The van der Waals surface area contributed by atoms with Gasteiger partial charge in [-0.15, -0.1) is 0 Å². The van der Waals surface area contributed by atoms with E-state index in [0.29, 0.717) is 23.1 Å². The minimum absolute atomic E-state index is 0.00150. The Morgan fingerprint density at radius 1 is 1.00 bits per heavy atom. The van der Waals surface area contributed by atoms with Gasteiger partial charge in [-0.05, 0) is 36.8 Å². The fourth-order valence-electron chi connectivity index (χ4n) is 2.13. The lowest BCUT2D eigenvalue weighted by Crippen LogP contribution is -2.09. The third kappa shape index (κ3) is 5.13. The monoisotopic (exact) mass is 343 g/mol. The van der Waals surface area contributed by atoms with E-state index in [1.165, 1.54) is 36.4 Å². The van der Waals surface area contributed by atoms with Gasteiger partial charge in [0.05, 0.1) is 29.3 Å². The van der Waals surface area contributed by atoms with Gasteiger partial charge in [-0.25, -0.2) is 9.59 Å². The van der Waals surface area contributed by atoms with Crippen molar-refractivity contribution in [2.75, 3.05) is 13.2 Å². The predicted molar refractivity (Wildman–Crippen MR) is 89.5 cm³/mol. The molecule has 0 aliphatic heterocycles. The quantitative estimate of drug-likeness (QED) is 0.435. The van der Waals surface area contributed by atoms with E-state index in [0.717, 1.165) is 0 Å². The highest BCUT2D eigenvalue weighted by Gasteiger charge is 2.11. The molecule has 0 N–H and O–H groups in total. The number of hydrogen-bond donors (Lipinski definition) is 0. The van der Waals surface area contributed by atoms with Gasteiger partial charge in [-0.1, -0.05) is 12.1 Å². The molecule has 0 fully saturated rings. The van der Waals surface area contributed by atoms with Gasteiger partial charge in [0.15, 0.2) is 0 Å². The molecule has 0 heterocycles. The molecule has 7 nitrogen and oxygen atoms in total. The van der Waals surface area contributed by atoms with E-state index < -0.39 is 16.9 Å². The Kier molecular flexibility index (Phi) is 6.22. The van der Waals surface area contributed by atoms with Crippen LogP contribution in [0.4, 0.5) is 5.69 Å². The Morgan fingerprint density at radius 3 is 2.16 bits per heavy atom. The molecular formula is C18H17NO6. The number of nitro groups is 1. The van der Waals surface area contributed by atoms with Gasteiger partial charge in [0.2, 0.25) is 0 Å². The number of ether oxygens (including phenoxy) is 2. The van der Waals surface area contributed by atoms with Crippen molar-refractivity contribution in [1.29, 1.82) is 0 Å². The first-order valence-electron chi connectivity index (χ1n) is 7.69. The van der Waals surface area contributed by atoms with E-state index in [-0.39, 0.29) is 18.9 Å². The molecule has 0 aliphatic rings. The molecule has 0 spiro atoms. The van der Waals surface area contributed by atoms with Gasteiger partial charge in [-0.2, -0.15) is 0 Å². The van der Waals surface area contributed by atoms with Crippen LogP contribution in [0.2, 0.25) is 0 Å². The van der Waals surface area contributed by atoms with Crippen LogP contribution in [-0.2, 0) is 15.9 Å². The summed E-state index contributed by atoms with van der Waals surface area (Å²) in [7, 11) is 0. The summed E-state index contributed by atoms with van der Waals surface area (Å²) in [5.41, 5.74) is 1.38. The lowest BCUT2D eigenvalue weighted by atomic mass is 10.1. The van der Waals surface area contributed by atoms with Gasteiger partial charge >= 0.3 is 11.9 Å². The fraction of sp³-hybridized carbons (Fsp3) is 0.222. The molecule has 0 saturated carbocycles.